The van der Waals surface area contributed by atoms with Crippen LogP contribution in [0.2, 0.25) is 0 Å². The third-order valence-electron chi connectivity index (χ3n) is 2.42. The van der Waals surface area contributed by atoms with E-state index in [9.17, 15) is 4.79 Å². The van der Waals surface area contributed by atoms with Crippen LogP contribution < -0.4 is 0 Å². The largest absolute Gasteiger partial charge is 0.479 e. The summed E-state index contributed by atoms with van der Waals surface area (Å²) in [5, 5.41) is 0. The number of likely N-dealkylation sites (tertiary alicyclic amines) is 1. The molecule has 0 radical (unpaired) electrons. The molecule has 2 aliphatic rings. The first kappa shape index (κ1) is 8.53. The minimum atomic E-state index is 0.276. The molecule has 0 aromatic carbocycles. The van der Waals surface area contributed by atoms with Gasteiger partial charge < -0.3 is 9.64 Å². The molecule has 0 bridgehead atoms. The SMILES string of the molecule is O=C1CCCN1CCC1=NCCO1. The molecule has 0 aromatic rings. The molecule has 0 aliphatic carbocycles. The van der Waals surface area contributed by atoms with Crippen molar-refractivity contribution in [1.29, 1.82) is 0 Å². The van der Waals surface area contributed by atoms with Gasteiger partial charge in [0.2, 0.25) is 5.91 Å². The number of amides is 1. The summed E-state index contributed by atoms with van der Waals surface area (Å²) in [6.07, 6.45) is 2.51. The van der Waals surface area contributed by atoms with E-state index in [-0.39, 0.29) is 5.91 Å². The van der Waals surface area contributed by atoms with Gasteiger partial charge in [0.25, 0.3) is 0 Å². The van der Waals surface area contributed by atoms with Gasteiger partial charge in [-0.2, -0.15) is 0 Å². The number of rotatable bonds is 3. The van der Waals surface area contributed by atoms with Crippen molar-refractivity contribution in [2.75, 3.05) is 26.2 Å². The fraction of sp³-hybridized carbons (Fsp3) is 0.778. The molecule has 0 saturated carbocycles. The standard InChI is InChI=1S/C9H14N2O2/c12-9-2-1-5-11(9)6-3-8-10-4-7-13-8/h1-7H2. The van der Waals surface area contributed by atoms with Crippen LogP contribution in [0.15, 0.2) is 4.99 Å². The number of carbonyl (C=O) groups is 1. The summed E-state index contributed by atoms with van der Waals surface area (Å²) in [6, 6.07) is 0. The van der Waals surface area contributed by atoms with Crippen molar-refractivity contribution in [3.05, 3.63) is 0 Å². The molecule has 0 spiro atoms. The highest BCUT2D eigenvalue weighted by Gasteiger charge is 2.20. The van der Waals surface area contributed by atoms with Gasteiger partial charge in [-0.25, -0.2) is 0 Å². The van der Waals surface area contributed by atoms with Gasteiger partial charge in [0.15, 0.2) is 5.90 Å². The molecule has 1 fully saturated rings. The van der Waals surface area contributed by atoms with Gasteiger partial charge in [-0.05, 0) is 6.42 Å². The monoisotopic (exact) mass is 182 g/mol. The number of aliphatic imine (C=N–C) groups is 1. The van der Waals surface area contributed by atoms with Gasteiger partial charge in [-0.15, -0.1) is 0 Å². The van der Waals surface area contributed by atoms with E-state index in [4.69, 9.17) is 4.74 Å². The van der Waals surface area contributed by atoms with E-state index in [1.54, 1.807) is 0 Å². The maximum atomic E-state index is 11.2. The van der Waals surface area contributed by atoms with E-state index in [1.165, 1.54) is 0 Å². The first-order valence-electron chi connectivity index (χ1n) is 4.80. The lowest BCUT2D eigenvalue weighted by Crippen LogP contribution is -2.27. The van der Waals surface area contributed by atoms with Crippen molar-refractivity contribution in [1.82, 2.24) is 4.90 Å². The second-order valence-corrected chi connectivity index (χ2v) is 3.36. The molecule has 4 heteroatoms. The normalized spacial score (nSPS) is 22.0. The number of nitrogens with zero attached hydrogens (tertiary/aromatic N) is 2. The highest BCUT2D eigenvalue weighted by molar-refractivity contribution is 5.80. The summed E-state index contributed by atoms with van der Waals surface area (Å²) in [5.74, 6) is 1.10. The van der Waals surface area contributed by atoms with E-state index < -0.39 is 0 Å². The Bertz CT molecular complexity index is 238. The summed E-state index contributed by atoms with van der Waals surface area (Å²) in [5.41, 5.74) is 0. The molecule has 72 valence electrons. The van der Waals surface area contributed by atoms with Crippen LogP contribution in [-0.2, 0) is 9.53 Å². The van der Waals surface area contributed by atoms with Gasteiger partial charge >= 0.3 is 0 Å². The molecular weight excluding hydrogens is 168 g/mol. The van der Waals surface area contributed by atoms with Gasteiger partial charge in [0, 0.05) is 25.9 Å². The maximum Gasteiger partial charge on any atom is 0.222 e. The van der Waals surface area contributed by atoms with Crippen LogP contribution in [0.25, 0.3) is 0 Å². The van der Waals surface area contributed by atoms with Crippen LogP contribution in [0.5, 0.6) is 0 Å². The van der Waals surface area contributed by atoms with Crippen LogP contribution in [0.3, 0.4) is 0 Å². The zero-order chi connectivity index (χ0) is 9.10. The highest BCUT2D eigenvalue weighted by atomic mass is 16.5. The van der Waals surface area contributed by atoms with Crippen molar-refractivity contribution in [2.24, 2.45) is 4.99 Å². The molecule has 4 nitrogen and oxygen atoms in total. The predicted octanol–water partition coefficient (Wildman–Crippen LogP) is 0.428. The van der Waals surface area contributed by atoms with E-state index >= 15 is 0 Å². The Morgan fingerprint density at radius 3 is 3.08 bits per heavy atom. The van der Waals surface area contributed by atoms with Crippen molar-refractivity contribution >= 4 is 11.8 Å². The lowest BCUT2D eigenvalue weighted by molar-refractivity contribution is -0.127. The van der Waals surface area contributed by atoms with Gasteiger partial charge in [0.05, 0.1) is 6.54 Å². The quantitative estimate of drug-likeness (QED) is 0.635. The Kier molecular flexibility index (Phi) is 2.47. The lowest BCUT2D eigenvalue weighted by Gasteiger charge is -2.14. The minimum absolute atomic E-state index is 0.276. The van der Waals surface area contributed by atoms with Crippen LogP contribution in [-0.4, -0.2) is 42.9 Å². The zero-order valence-corrected chi connectivity index (χ0v) is 7.66. The molecule has 0 unspecified atom stereocenters. The van der Waals surface area contributed by atoms with Crippen molar-refractivity contribution in [2.45, 2.75) is 19.3 Å². The van der Waals surface area contributed by atoms with E-state index in [0.29, 0.717) is 13.0 Å². The molecule has 13 heavy (non-hydrogen) atoms. The average molecular weight is 182 g/mol. The second kappa shape index (κ2) is 3.77. The van der Waals surface area contributed by atoms with E-state index in [1.807, 2.05) is 4.90 Å². The van der Waals surface area contributed by atoms with Crippen molar-refractivity contribution in [3.8, 4) is 0 Å². The number of ether oxygens (including phenoxy) is 1. The zero-order valence-electron chi connectivity index (χ0n) is 7.66. The fourth-order valence-corrected chi connectivity index (χ4v) is 1.70. The van der Waals surface area contributed by atoms with E-state index in [0.717, 1.165) is 38.4 Å². The molecule has 0 N–H and O–H groups in total. The van der Waals surface area contributed by atoms with Crippen molar-refractivity contribution < 1.29 is 9.53 Å². The third kappa shape index (κ3) is 1.99. The summed E-state index contributed by atoms with van der Waals surface area (Å²) in [7, 11) is 0. The predicted molar refractivity (Wildman–Crippen MR) is 48.7 cm³/mol. The van der Waals surface area contributed by atoms with Crippen molar-refractivity contribution in [3.63, 3.8) is 0 Å². The van der Waals surface area contributed by atoms with Crippen LogP contribution in [0.4, 0.5) is 0 Å². The molecule has 2 aliphatic heterocycles. The Morgan fingerprint density at radius 2 is 2.46 bits per heavy atom. The van der Waals surface area contributed by atoms with Crippen LogP contribution in [0, 0.1) is 0 Å². The Hall–Kier alpha value is -1.06. The fourth-order valence-electron chi connectivity index (χ4n) is 1.70. The molecule has 0 aromatic heterocycles. The van der Waals surface area contributed by atoms with E-state index in [2.05, 4.69) is 4.99 Å². The number of hydrogen-bond acceptors (Lipinski definition) is 3. The summed E-state index contributed by atoms with van der Waals surface area (Å²) >= 11 is 0. The molecule has 2 rings (SSSR count). The topological polar surface area (TPSA) is 41.9 Å². The van der Waals surface area contributed by atoms with Gasteiger partial charge in [-0.1, -0.05) is 0 Å². The maximum absolute atomic E-state index is 11.2. The summed E-state index contributed by atoms with van der Waals surface area (Å²) < 4.78 is 5.26. The smallest absolute Gasteiger partial charge is 0.222 e. The summed E-state index contributed by atoms with van der Waals surface area (Å²) in [6.45, 7) is 3.18. The van der Waals surface area contributed by atoms with Crippen LogP contribution in [0.1, 0.15) is 19.3 Å². The van der Waals surface area contributed by atoms with Gasteiger partial charge in [-0.3, -0.25) is 9.79 Å². The third-order valence-corrected chi connectivity index (χ3v) is 2.42. The minimum Gasteiger partial charge on any atom is -0.479 e. The molecule has 1 saturated heterocycles. The highest BCUT2D eigenvalue weighted by Crippen LogP contribution is 2.10. The second-order valence-electron chi connectivity index (χ2n) is 3.36. The molecular formula is C9H14N2O2. The first-order valence-corrected chi connectivity index (χ1v) is 4.80. The number of carbonyl (C=O) groups excluding carboxylic acids is 1. The molecule has 0 atom stereocenters. The lowest BCUT2D eigenvalue weighted by atomic mass is 10.4. The van der Waals surface area contributed by atoms with Crippen LogP contribution >= 0.6 is 0 Å². The van der Waals surface area contributed by atoms with Gasteiger partial charge in [0.1, 0.15) is 6.61 Å². The summed E-state index contributed by atoms with van der Waals surface area (Å²) in [4.78, 5) is 17.3. The Balaban J connectivity index is 1.75. The Morgan fingerprint density at radius 1 is 1.54 bits per heavy atom. The number of hydrogen-bond donors (Lipinski definition) is 0. The molecule has 1 amide bonds. The Labute approximate surface area is 77.6 Å². The molecule has 2 heterocycles. The average Bonchev–Trinajstić information content (AvgIpc) is 2.72. The first-order chi connectivity index (χ1) is 6.36.